The van der Waals surface area contributed by atoms with Crippen LogP contribution in [0, 0.1) is 5.92 Å². The number of aliphatic hydroxyl groups excluding tert-OH is 2. The standard InChI is InChI=1S/C11H20O2.C2H6O2/c1-4-7-8-10(5-2)9-13-11(12)6-3;3-1-2-4/h6,10H,3-5,7-9H2,1-2H3;3-4H,1-2H2. The number of hydrogen-bond donors (Lipinski definition) is 2. The van der Waals surface area contributed by atoms with Crippen LogP contribution >= 0.6 is 0 Å². The first-order chi connectivity index (χ1) is 8.15. The Labute approximate surface area is 104 Å². The minimum atomic E-state index is -0.310. The molecule has 1 unspecified atom stereocenters. The summed E-state index contributed by atoms with van der Waals surface area (Å²) in [5.74, 6) is 0.207. The van der Waals surface area contributed by atoms with Crippen LogP contribution in [0.5, 0.6) is 0 Å². The van der Waals surface area contributed by atoms with Crippen molar-refractivity contribution in [3.05, 3.63) is 12.7 Å². The zero-order valence-electron chi connectivity index (χ0n) is 11.0. The minimum Gasteiger partial charge on any atom is -0.462 e. The lowest BCUT2D eigenvalue weighted by Crippen LogP contribution is -2.12. The third-order valence-electron chi connectivity index (χ3n) is 2.27. The number of rotatable bonds is 8. The number of unbranched alkanes of at least 4 members (excludes halogenated alkanes) is 1. The van der Waals surface area contributed by atoms with Crippen LogP contribution in [-0.4, -0.2) is 36.0 Å². The Balaban J connectivity index is 0. The van der Waals surface area contributed by atoms with Gasteiger partial charge in [-0.25, -0.2) is 4.79 Å². The van der Waals surface area contributed by atoms with Crippen LogP contribution in [-0.2, 0) is 9.53 Å². The van der Waals surface area contributed by atoms with Gasteiger partial charge in [0.1, 0.15) is 0 Å². The normalized spacial score (nSPS) is 11.1. The fourth-order valence-corrected chi connectivity index (χ4v) is 1.16. The highest BCUT2D eigenvalue weighted by molar-refractivity contribution is 5.81. The van der Waals surface area contributed by atoms with Crippen molar-refractivity contribution in [3.8, 4) is 0 Å². The molecular weight excluding hydrogens is 220 g/mol. The van der Waals surface area contributed by atoms with Gasteiger partial charge in [-0.05, 0) is 12.3 Å². The van der Waals surface area contributed by atoms with E-state index in [1.807, 2.05) is 0 Å². The molecule has 1 atom stereocenters. The van der Waals surface area contributed by atoms with Gasteiger partial charge < -0.3 is 14.9 Å². The van der Waals surface area contributed by atoms with Gasteiger partial charge in [-0.2, -0.15) is 0 Å². The zero-order valence-corrected chi connectivity index (χ0v) is 11.0. The quantitative estimate of drug-likeness (QED) is 0.507. The maximum absolute atomic E-state index is 10.8. The molecule has 0 aliphatic heterocycles. The Hall–Kier alpha value is -0.870. The summed E-state index contributed by atoms with van der Waals surface area (Å²) in [6, 6.07) is 0. The fourth-order valence-electron chi connectivity index (χ4n) is 1.16. The zero-order chi connectivity index (χ0) is 13.5. The summed E-state index contributed by atoms with van der Waals surface area (Å²) in [4.78, 5) is 10.8. The lowest BCUT2D eigenvalue weighted by atomic mass is 10.0. The van der Waals surface area contributed by atoms with Gasteiger partial charge >= 0.3 is 5.97 Å². The summed E-state index contributed by atoms with van der Waals surface area (Å²) in [5, 5.41) is 15.2. The first-order valence-corrected chi connectivity index (χ1v) is 6.17. The van der Waals surface area contributed by atoms with Crippen molar-refractivity contribution >= 4 is 5.97 Å². The largest absolute Gasteiger partial charge is 0.462 e. The topological polar surface area (TPSA) is 66.8 Å². The van der Waals surface area contributed by atoms with E-state index in [0.717, 1.165) is 12.8 Å². The summed E-state index contributed by atoms with van der Waals surface area (Å²) in [7, 11) is 0. The van der Waals surface area contributed by atoms with Crippen LogP contribution in [0.1, 0.15) is 39.5 Å². The summed E-state index contributed by atoms with van der Waals surface area (Å²) in [5.41, 5.74) is 0. The van der Waals surface area contributed by atoms with Gasteiger partial charge in [0.15, 0.2) is 0 Å². The van der Waals surface area contributed by atoms with E-state index in [-0.39, 0.29) is 19.2 Å². The Morgan fingerprint density at radius 1 is 1.35 bits per heavy atom. The van der Waals surface area contributed by atoms with Gasteiger partial charge in [0, 0.05) is 6.08 Å². The molecule has 0 aliphatic carbocycles. The van der Waals surface area contributed by atoms with Gasteiger partial charge in [0.05, 0.1) is 19.8 Å². The molecule has 0 spiro atoms. The van der Waals surface area contributed by atoms with Crippen molar-refractivity contribution in [3.63, 3.8) is 0 Å². The number of esters is 1. The van der Waals surface area contributed by atoms with Crippen molar-refractivity contribution in [1.29, 1.82) is 0 Å². The van der Waals surface area contributed by atoms with Crippen LogP contribution in [0.25, 0.3) is 0 Å². The Morgan fingerprint density at radius 3 is 2.29 bits per heavy atom. The Morgan fingerprint density at radius 2 is 1.94 bits per heavy atom. The summed E-state index contributed by atoms with van der Waals surface area (Å²) in [6.45, 7) is 7.94. The van der Waals surface area contributed by atoms with Gasteiger partial charge in [0.2, 0.25) is 0 Å². The highest BCUT2D eigenvalue weighted by atomic mass is 16.5. The smallest absolute Gasteiger partial charge is 0.330 e. The Kier molecular flexibility index (Phi) is 16.5. The SMILES string of the molecule is C=CC(=O)OCC(CC)CCCC.OCCO. The third kappa shape index (κ3) is 15.1. The van der Waals surface area contributed by atoms with E-state index in [9.17, 15) is 4.79 Å². The van der Waals surface area contributed by atoms with Crippen molar-refractivity contribution in [2.45, 2.75) is 39.5 Å². The Bertz CT molecular complexity index is 178. The predicted octanol–water partition coefficient (Wildman–Crippen LogP) is 1.90. The van der Waals surface area contributed by atoms with Gasteiger partial charge in [0.25, 0.3) is 0 Å². The van der Waals surface area contributed by atoms with E-state index in [4.69, 9.17) is 14.9 Å². The molecule has 0 amide bonds. The van der Waals surface area contributed by atoms with Gasteiger partial charge in [-0.15, -0.1) is 0 Å². The van der Waals surface area contributed by atoms with E-state index in [0.29, 0.717) is 12.5 Å². The highest BCUT2D eigenvalue weighted by Gasteiger charge is 2.07. The van der Waals surface area contributed by atoms with E-state index >= 15 is 0 Å². The van der Waals surface area contributed by atoms with E-state index in [2.05, 4.69) is 20.4 Å². The van der Waals surface area contributed by atoms with Gasteiger partial charge in [-0.3, -0.25) is 0 Å². The molecule has 0 aromatic carbocycles. The van der Waals surface area contributed by atoms with Crippen LogP contribution < -0.4 is 0 Å². The molecule has 4 nitrogen and oxygen atoms in total. The number of ether oxygens (including phenoxy) is 1. The second kappa shape index (κ2) is 15.1. The predicted molar refractivity (Wildman–Crippen MR) is 68.6 cm³/mol. The summed E-state index contributed by atoms with van der Waals surface area (Å²) < 4.78 is 4.98. The summed E-state index contributed by atoms with van der Waals surface area (Å²) in [6.07, 6.45) is 5.85. The maximum atomic E-state index is 10.8. The molecule has 0 aromatic rings. The maximum Gasteiger partial charge on any atom is 0.330 e. The van der Waals surface area contributed by atoms with Crippen LogP contribution in [0.4, 0.5) is 0 Å². The molecule has 0 aliphatic rings. The molecule has 0 aromatic heterocycles. The number of aliphatic hydroxyl groups is 2. The van der Waals surface area contributed by atoms with Crippen molar-refractivity contribution in [2.24, 2.45) is 5.92 Å². The van der Waals surface area contributed by atoms with Crippen LogP contribution in [0.2, 0.25) is 0 Å². The van der Waals surface area contributed by atoms with E-state index in [1.165, 1.54) is 18.9 Å². The molecule has 4 heteroatoms. The molecule has 0 saturated carbocycles. The molecule has 0 radical (unpaired) electrons. The van der Waals surface area contributed by atoms with E-state index in [1.54, 1.807) is 0 Å². The lowest BCUT2D eigenvalue weighted by Gasteiger charge is -2.13. The lowest BCUT2D eigenvalue weighted by molar-refractivity contribution is -0.139. The molecule has 2 N–H and O–H groups in total. The number of carbonyl (C=O) groups excluding carboxylic acids is 1. The monoisotopic (exact) mass is 246 g/mol. The van der Waals surface area contributed by atoms with Gasteiger partial charge in [-0.1, -0.05) is 39.7 Å². The number of carbonyl (C=O) groups is 1. The van der Waals surface area contributed by atoms with Crippen molar-refractivity contribution in [1.82, 2.24) is 0 Å². The highest BCUT2D eigenvalue weighted by Crippen LogP contribution is 2.12. The van der Waals surface area contributed by atoms with Crippen molar-refractivity contribution < 1.29 is 19.7 Å². The van der Waals surface area contributed by atoms with Crippen LogP contribution in [0.15, 0.2) is 12.7 Å². The molecule has 0 fully saturated rings. The molecular formula is C13H26O4. The van der Waals surface area contributed by atoms with Crippen molar-refractivity contribution in [2.75, 3.05) is 19.8 Å². The molecule has 102 valence electrons. The van der Waals surface area contributed by atoms with Crippen LogP contribution in [0.3, 0.4) is 0 Å². The minimum absolute atomic E-state index is 0.125. The molecule has 17 heavy (non-hydrogen) atoms. The second-order valence-electron chi connectivity index (χ2n) is 3.70. The average Bonchev–Trinajstić information content (AvgIpc) is 2.38. The first kappa shape index (κ1) is 18.5. The molecule has 0 bridgehead atoms. The summed E-state index contributed by atoms with van der Waals surface area (Å²) >= 11 is 0. The fraction of sp³-hybridized carbons (Fsp3) is 0.769. The molecule has 0 saturated heterocycles. The third-order valence-corrected chi connectivity index (χ3v) is 2.27. The molecule has 0 heterocycles. The number of hydrogen-bond acceptors (Lipinski definition) is 4. The second-order valence-corrected chi connectivity index (χ2v) is 3.70. The van der Waals surface area contributed by atoms with E-state index < -0.39 is 0 Å². The first-order valence-electron chi connectivity index (χ1n) is 6.17. The molecule has 0 rings (SSSR count). The average molecular weight is 246 g/mol.